The minimum absolute atomic E-state index is 0.129. The standard InChI is InChI=1S/C30H28Cl2N4O3/c1-20-8-14-23(15-9-20)36-18-27(21-10-12-22(31)13-11-21)33-30(36)34-28(37)19-35(17-24-5-4-16-39-24)29(38)25-6-2-3-7-26(25)32/h2-3,6-15,18,24H,4-5,16-17,19H2,1H3,(H,33,34,37)/t24-/m1/s1. The van der Waals surface area contributed by atoms with Gasteiger partial charge in [0.25, 0.3) is 5.91 Å². The summed E-state index contributed by atoms with van der Waals surface area (Å²) in [6, 6.07) is 22.1. The molecular weight excluding hydrogens is 535 g/mol. The lowest BCUT2D eigenvalue weighted by atomic mass is 10.1. The Morgan fingerprint density at radius 2 is 1.79 bits per heavy atom. The first-order valence-electron chi connectivity index (χ1n) is 12.7. The third kappa shape index (κ3) is 6.50. The lowest BCUT2D eigenvalue weighted by Gasteiger charge is -2.25. The average molecular weight is 563 g/mol. The Morgan fingerprint density at radius 1 is 1.05 bits per heavy atom. The number of aromatic nitrogens is 2. The average Bonchev–Trinajstić information content (AvgIpc) is 3.59. The molecule has 0 saturated carbocycles. The first kappa shape index (κ1) is 26.9. The molecule has 4 aromatic rings. The highest BCUT2D eigenvalue weighted by Gasteiger charge is 2.27. The van der Waals surface area contributed by atoms with Gasteiger partial charge in [-0.05, 0) is 56.2 Å². The molecule has 1 N–H and O–H groups in total. The molecule has 1 atom stereocenters. The first-order chi connectivity index (χ1) is 18.9. The Hall–Kier alpha value is -3.65. The molecule has 0 spiro atoms. The Balaban J connectivity index is 1.42. The molecule has 1 aromatic heterocycles. The summed E-state index contributed by atoms with van der Waals surface area (Å²) < 4.78 is 7.58. The minimum atomic E-state index is -0.380. The van der Waals surface area contributed by atoms with Gasteiger partial charge in [-0.2, -0.15) is 0 Å². The zero-order valence-corrected chi connectivity index (χ0v) is 23.0. The molecule has 0 bridgehead atoms. The number of rotatable bonds is 8. The van der Waals surface area contributed by atoms with Crippen molar-refractivity contribution in [2.75, 3.05) is 25.0 Å². The minimum Gasteiger partial charge on any atom is -0.376 e. The van der Waals surface area contributed by atoms with Crippen LogP contribution in [0.25, 0.3) is 16.9 Å². The SMILES string of the molecule is Cc1ccc(-n2cc(-c3ccc(Cl)cc3)nc2NC(=O)CN(C[C@H]2CCCO2)C(=O)c2ccccc2Cl)cc1. The second kappa shape index (κ2) is 12.0. The molecule has 200 valence electrons. The van der Waals surface area contributed by atoms with E-state index in [9.17, 15) is 9.59 Å². The summed E-state index contributed by atoms with van der Waals surface area (Å²) in [5, 5.41) is 3.88. The number of nitrogens with one attached hydrogen (secondary N) is 1. The number of benzene rings is 3. The summed E-state index contributed by atoms with van der Waals surface area (Å²) in [6.45, 7) is 2.77. The van der Waals surface area contributed by atoms with Crippen LogP contribution >= 0.6 is 23.2 Å². The van der Waals surface area contributed by atoms with Crippen molar-refractivity contribution in [3.8, 4) is 16.9 Å². The van der Waals surface area contributed by atoms with E-state index in [0.29, 0.717) is 40.4 Å². The van der Waals surface area contributed by atoms with Crippen molar-refractivity contribution in [2.45, 2.75) is 25.9 Å². The topological polar surface area (TPSA) is 76.5 Å². The summed E-state index contributed by atoms with van der Waals surface area (Å²) in [5.41, 5.74) is 3.83. The van der Waals surface area contributed by atoms with Gasteiger partial charge in [0.1, 0.15) is 6.54 Å². The number of amides is 2. The Kier molecular flexibility index (Phi) is 8.31. The highest BCUT2D eigenvalue weighted by Crippen LogP contribution is 2.26. The molecule has 1 aliphatic rings. The van der Waals surface area contributed by atoms with Crippen molar-refractivity contribution < 1.29 is 14.3 Å². The largest absolute Gasteiger partial charge is 0.376 e. The summed E-state index contributed by atoms with van der Waals surface area (Å²) in [6.07, 6.45) is 3.49. The number of anilines is 1. The van der Waals surface area contributed by atoms with Crippen LogP contribution in [0.4, 0.5) is 5.95 Å². The van der Waals surface area contributed by atoms with Crippen molar-refractivity contribution in [3.05, 3.63) is 100 Å². The summed E-state index contributed by atoms with van der Waals surface area (Å²) in [7, 11) is 0. The number of nitrogens with zero attached hydrogens (tertiary/aromatic N) is 3. The molecule has 2 amide bonds. The second-order valence-corrected chi connectivity index (χ2v) is 10.4. The molecule has 0 radical (unpaired) electrons. The number of hydrogen-bond acceptors (Lipinski definition) is 4. The van der Waals surface area contributed by atoms with E-state index in [0.717, 1.165) is 29.7 Å². The maximum atomic E-state index is 13.5. The van der Waals surface area contributed by atoms with Gasteiger partial charge in [-0.1, -0.05) is 65.2 Å². The Bertz CT molecular complexity index is 1460. The van der Waals surface area contributed by atoms with E-state index in [1.165, 1.54) is 4.90 Å². The number of imidazole rings is 1. The molecule has 1 aliphatic heterocycles. The summed E-state index contributed by atoms with van der Waals surface area (Å²) in [4.78, 5) is 33.1. The molecule has 5 rings (SSSR count). The van der Waals surface area contributed by atoms with Crippen molar-refractivity contribution in [3.63, 3.8) is 0 Å². The van der Waals surface area contributed by atoms with E-state index in [1.807, 2.05) is 54.1 Å². The Labute approximate surface area is 237 Å². The molecule has 0 unspecified atom stereocenters. The fourth-order valence-corrected chi connectivity index (χ4v) is 4.87. The van der Waals surface area contributed by atoms with Gasteiger partial charge < -0.3 is 9.64 Å². The van der Waals surface area contributed by atoms with Crippen molar-refractivity contribution >= 4 is 41.0 Å². The van der Waals surface area contributed by atoms with Crippen LogP contribution in [0.15, 0.2) is 79.0 Å². The van der Waals surface area contributed by atoms with Crippen LogP contribution in [0.1, 0.15) is 28.8 Å². The molecule has 2 heterocycles. The predicted molar refractivity (Wildman–Crippen MR) is 154 cm³/mol. The maximum Gasteiger partial charge on any atom is 0.255 e. The molecule has 0 aliphatic carbocycles. The summed E-state index contributed by atoms with van der Waals surface area (Å²) in [5.74, 6) is -0.360. The van der Waals surface area contributed by atoms with E-state index in [-0.39, 0.29) is 24.5 Å². The smallest absolute Gasteiger partial charge is 0.255 e. The molecule has 3 aromatic carbocycles. The van der Waals surface area contributed by atoms with Crippen LogP contribution < -0.4 is 5.32 Å². The van der Waals surface area contributed by atoms with Crippen LogP contribution in [0.3, 0.4) is 0 Å². The second-order valence-electron chi connectivity index (χ2n) is 9.51. The van der Waals surface area contributed by atoms with Gasteiger partial charge in [-0.15, -0.1) is 0 Å². The van der Waals surface area contributed by atoms with Gasteiger partial charge >= 0.3 is 0 Å². The molecule has 9 heteroatoms. The van der Waals surface area contributed by atoms with Crippen LogP contribution in [0.2, 0.25) is 10.0 Å². The monoisotopic (exact) mass is 562 g/mol. The van der Waals surface area contributed by atoms with Crippen LogP contribution in [-0.4, -0.2) is 52.1 Å². The van der Waals surface area contributed by atoms with E-state index < -0.39 is 0 Å². The van der Waals surface area contributed by atoms with Gasteiger partial charge in [-0.25, -0.2) is 4.98 Å². The Morgan fingerprint density at radius 3 is 2.49 bits per heavy atom. The molecule has 39 heavy (non-hydrogen) atoms. The number of carbonyl (C=O) groups excluding carboxylic acids is 2. The highest BCUT2D eigenvalue weighted by molar-refractivity contribution is 6.33. The van der Waals surface area contributed by atoms with E-state index in [1.54, 1.807) is 36.4 Å². The molecule has 7 nitrogen and oxygen atoms in total. The number of aryl methyl sites for hydroxylation is 1. The van der Waals surface area contributed by atoms with E-state index in [2.05, 4.69) is 5.32 Å². The van der Waals surface area contributed by atoms with Crippen molar-refractivity contribution in [1.82, 2.24) is 14.5 Å². The van der Waals surface area contributed by atoms with Gasteiger partial charge in [0.2, 0.25) is 11.9 Å². The van der Waals surface area contributed by atoms with Gasteiger partial charge in [0.15, 0.2) is 0 Å². The maximum absolute atomic E-state index is 13.5. The zero-order chi connectivity index (χ0) is 27.4. The fraction of sp³-hybridized carbons (Fsp3) is 0.233. The number of carbonyl (C=O) groups is 2. The van der Waals surface area contributed by atoms with E-state index >= 15 is 0 Å². The lowest BCUT2D eigenvalue weighted by molar-refractivity contribution is -0.117. The van der Waals surface area contributed by atoms with Gasteiger partial charge in [-0.3, -0.25) is 19.5 Å². The third-order valence-electron chi connectivity index (χ3n) is 6.58. The van der Waals surface area contributed by atoms with Crippen LogP contribution in [-0.2, 0) is 9.53 Å². The third-order valence-corrected chi connectivity index (χ3v) is 7.16. The number of halogens is 2. The zero-order valence-electron chi connectivity index (χ0n) is 21.4. The number of hydrogen-bond donors (Lipinski definition) is 1. The highest BCUT2D eigenvalue weighted by atomic mass is 35.5. The van der Waals surface area contributed by atoms with Gasteiger partial charge in [0, 0.05) is 35.6 Å². The van der Waals surface area contributed by atoms with E-state index in [4.69, 9.17) is 32.9 Å². The van der Waals surface area contributed by atoms with Crippen LogP contribution in [0.5, 0.6) is 0 Å². The van der Waals surface area contributed by atoms with Crippen LogP contribution in [0, 0.1) is 6.92 Å². The normalized spacial score (nSPS) is 14.8. The summed E-state index contributed by atoms with van der Waals surface area (Å²) >= 11 is 12.4. The van der Waals surface area contributed by atoms with Crippen molar-refractivity contribution in [2.24, 2.45) is 0 Å². The molecular formula is C30H28Cl2N4O3. The quantitative estimate of drug-likeness (QED) is 0.269. The first-order valence-corrected chi connectivity index (χ1v) is 13.5. The van der Waals surface area contributed by atoms with Crippen molar-refractivity contribution in [1.29, 1.82) is 0 Å². The van der Waals surface area contributed by atoms with Gasteiger partial charge in [0.05, 0.1) is 22.4 Å². The fourth-order valence-electron chi connectivity index (χ4n) is 4.53. The number of ether oxygens (including phenoxy) is 1. The molecule has 1 saturated heterocycles. The lowest BCUT2D eigenvalue weighted by Crippen LogP contribution is -2.42. The molecule has 1 fully saturated rings. The predicted octanol–water partition coefficient (Wildman–Crippen LogP) is 6.41.